The Bertz CT molecular complexity index is 955. The van der Waals surface area contributed by atoms with Crippen LogP contribution in [0.4, 0.5) is 5.69 Å². The van der Waals surface area contributed by atoms with Gasteiger partial charge in [-0.1, -0.05) is 23.4 Å². The lowest BCUT2D eigenvalue weighted by atomic mass is 10.3. The molecule has 32 heavy (non-hydrogen) atoms. The molecular weight excluding hydrogens is 406 g/mol. The van der Waals surface area contributed by atoms with Crippen LogP contribution in [0.25, 0.3) is 0 Å². The van der Waals surface area contributed by atoms with E-state index in [1.165, 1.54) is 0 Å². The average molecular weight is 438 g/mol. The molecule has 0 aliphatic carbocycles. The lowest BCUT2D eigenvalue weighted by Crippen LogP contribution is -2.32. The van der Waals surface area contributed by atoms with E-state index in [0.717, 1.165) is 23.6 Å². The maximum absolute atomic E-state index is 5.74. The zero-order chi connectivity index (χ0) is 22.6. The van der Waals surface area contributed by atoms with Crippen LogP contribution in [0.3, 0.4) is 0 Å². The zero-order valence-electron chi connectivity index (χ0n) is 18.9. The summed E-state index contributed by atoms with van der Waals surface area (Å²) in [5.41, 5.74) is 0.918. The van der Waals surface area contributed by atoms with Gasteiger partial charge in [-0.2, -0.15) is 4.98 Å². The number of ether oxygens (including phenoxy) is 2. The van der Waals surface area contributed by atoms with Crippen LogP contribution >= 0.6 is 0 Å². The summed E-state index contributed by atoms with van der Waals surface area (Å²) in [4.78, 5) is 8.91. The summed E-state index contributed by atoms with van der Waals surface area (Å²) in [7, 11) is 0. The Labute approximate surface area is 189 Å². The van der Waals surface area contributed by atoms with Crippen LogP contribution in [0.1, 0.15) is 32.0 Å². The first-order valence-corrected chi connectivity index (χ1v) is 10.9. The number of guanidine groups is 1. The van der Waals surface area contributed by atoms with Crippen molar-refractivity contribution in [1.82, 2.24) is 15.5 Å². The molecule has 0 amide bonds. The standard InChI is InChI=1S/C24H31N5O3/c1-18(2)31-22-12-10-20(11-13-22)28-24(26-16-14-23-27-19(3)29-32-23)25-15-7-17-30-21-8-5-4-6-9-21/h4-6,8-13,18H,7,14-17H2,1-3H3,(H2,25,26,28). The number of hydrogen-bond donors (Lipinski definition) is 2. The molecule has 0 atom stereocenters. The monoisotopic (exact) mass is 437 g/mol. The van der Waals surface area contributed by atoms with Gasteiger partial charge in [-0.3, -0.25) is 4.99 Å². The number of nitrogens with zero attached hydrogens (tertiary/aromatic N) is 3. The van der Waals surface area contributed by atoms with Gasteiger partial charge in [0.05, 0.1) is 12.7 Å². The SMILES string of the molecule is Cc1noc(CCNC(=NCCCOc2ccccc2)Nc2ccc(OC(C)C)cc2)n1. The van der Waals surface area contributed by atoms with Gasteiger partial charge < -0.3 is 24.6 Å². The Hall–Kier alpha value is -3.55. The molecule has 0 aliphatic heterocycles. The zero-order valence-corrected chi connectivity index (χ0v) is 18.9. The number of benzene rings is 2. The highest BCUT2D eigenvalue weighted by Gasteiger charge is 2.05. The van der Waals surface area contributed by atoms with E-state index in [-0.39, 0.29) is 6.10 Å². The van der Waals surface area contributed by atoms with Crippen molar-refractivity contribution in [2.24, 2.45) is 4.99 Å². The number of aliphatic imine (C=N–C) groups is 1. The van der Waals surface area contributed by atoms with Gasteiger partial charge in [-0.25, -0.2) is 0 Å². The van der Waals surface area contributed by atoms with Crippen LogP contribution in [0.15, 0.2) is 64.1 Å². The first-order valence-electron chi connectivity index (χ1n) is 10.9. The smallest absolute Gasteiger partial charge is 0.228 e. The molecule has 0 fully saturated rings. The maximum Gasteiger partial charge on any atom is 0.228 e. The lowest BCUT2D eigenvalue weighted by molar-refractivity contribution is 0.242. The van der Waals surface area contributed by atoms with E-state index in [2.05, 4.69) is 25.8 Å². The van der Waals surface area contributed by atoms with Gasteiger partial charge in [0.25, 0.3) is 0 Å². The summed E-state index contributed by atoms with van der Waals surface area (Å²) in [6.07, 6.45) is 1.55. The lowest BCUT2D eigenvalue weighted by Gasteiger charge is -2.14. The van der Waals surface area contributed by atoms with E-state index < -0.39 is 0 Å². The number of anilines is 1. The minimum atomic E-state index is 0.138. The van der Waals surface area contributed by atoms with E-state index in [1.54, 1.807) is 6.92 Å². The van der Waals surface area contributed by atoms with Gasteiger partial charge in [-0.05, 0) is 57.2 Å². The van der Waals surface area contributed by atoms with Gasteiger partial charge >= 0.3 is 0 Å². The second kappa shape index (κ2) is 12.3. The highest BCUT2D eigenvalue weighted by atomic mass is 16.5. The van der Waals surface area contributed by atoms with Crippen LogP contribution in [-0.4, -0.2) is 41.9 Å². The summed E-state index contributed by atoms with van der Waals surface area (Å²) < 4.78 is 16.6. The Kier molecular flexibility index (Phi) is 8.92. The normalized spacial score (nSPS) is 11.4. The van der Waals surface area contributed by atoms with Crippen molar-refractivity contribution >= 4 is 11.6 Å². The first-order chi connectivity index (χ1) is 15.6. The fourth-order valence-electron chi connectivity index (χ4n) is 2.86. The third-order valence-electron chi connectivity index (χ3n) is 4.27. The quantitative estimate of drug-likeness (QED) is 0.263. The fraction of sp³-hybridized carbons (Fsp3) is 0.375. The number of aryl methyl sites for hydroxylation is 1. The third-order valence-corrected chi connectivity index (χ3v) is 4.27. The van der Waals surface area contributed by atoms with Crippen LogP contribution in [0, 0.1) is 6.92 Å². The minimum absolute atomic E-state index is 0.138. The second-order valence-electron chi connectivity index (χ2n) is 7.47. The topological polar surface area (TPSA) is 93.8 Å². The van der Waals surface area contributed by atoms with E-state index in [0.29, 0.717) is 43.8 Å². The van der Waals surface area contributed by atoms with Crippen molar-refractivity contribution < 1.29 is 14.0 Å². The van der Waals surface area contributed by atoms with Crippen molar-refractivity contribution in [2.75, 3.05) is 25.0 Å². The molecule has 8 heteroatoms. The van der Waals surface area contributed by atoms with E-state index in [4.69, 9.17) is 14.0 Å². The molecule has 0 aliphatic rings. The summed E-state index contributed by atoms with van der Waals surface area (Å²) in [5.74, 6) is 3.61. The molecule has 0 unspecified atom stereocenters. The molecule has 3 aromatic rings. The Morgan fingerprint density at radius 3 is 2.53 bits per heavy atom. The number of hydrogen-bond acceptors (Lipinski definition) is 6. The van der Waals surface area contributed by atoms with Gasteiger partial charge in [0.1, 0.15) is 11.5 Å². The van der Waals surface area contributed by atoms with Crippen molar-refractivity contribution in [3.8, 4) is 11.5 Å². The molecule has 0 radical (unpaired) electrons. The highest BCUT2D eigenvalue weighted by molar-refractivity contribution is 5.93. The molecule has 170 valence electrons. The summed E-state index contributed by atoms with van der Waals surface area (Å²) >= 11 is 0. The Balaban J connectivity index is 1.53. The fourth-order valence-corrected chi connectivity index (χ4v) is 2.86. The van der Waals surface area contributed by atoms with Gasteiger partial charge in [0.15, 0.2) is 11.8 Å². The predicted molar refractivity (Wildman–Crippen MR) is 125 cm³/mol. The molecule has 2 aromatic carbocycles. The third kappa shape index (κ3) is 8.29. The largest absolute Gasteiger partial charge is 0.494 e. The van der Waals surface area contributed by atoms with Gasteiger partial charge in [0.2, 0.25) is 5.89 Å². The Morgan fingerprint density at radius 2 is 1.84 bits per heavy atom. The molecule has 8 nitrogen and oxygen atoms in total. The molecule has 2 N–H and O–H groups in total. The highest BCUT2D eigenvalue weighted by Crippen LogP contribution is 2.17. The molecule has 1 heterocycles. The molecule has 0 saturated carbocycles. The van der Waals surface area contributed by atoms with Crippen molar-refractivity contribution in [1.29, 1.82) is 0 Å². The van der Waals surface area contributed by atoms with Crippen molar-refractivity contribution in [2.45, 2.75) is 39.7 Å². The first kappa shape index (κ1) is 23.1. The van der Waals surface area contributed by atoms with Gasteiger partial charge in [0, 0.05) is 31.6 Å². The van der Waals surface area contributed by atoms with Crippen molar-refractivity contribution in [3.63, 3.8) is 0 Å². The molecule has 0 bridgehead atoms. The predicted octanol–water partition coefficient (Wildman–Crippen LogP) is 4.23. The number of aromatic nitrogens is 2. The number of nitrogens with one attached hydrogen (secondary N) is 2. The molecule has 0 saturated heterocycles. The van der Waals surface area contributed by atoms with E-state index in [1.807, 2.05) is 68.4 Å². The Morgan fingerprint density at radius 1 is 1.06 bits per heavy atom. The van der Waals surface area contributed by atoms with E-state index in [9.17, 15) is 0 Å². The summed E-state index contributed by atoms with van der Waals surface area (Å²) in [6.45, 7) is 7.65. The number of rotatable bonds is 11. The van der Waals surface area contributed by atoms with E-state index >= 15 is 0 Å². The van der Waals surface area contributed by atoms with Crippen LogP contribution in [-0.2, 0) is 6.42 Å². The molecular formula is C24H31N5O3. The minimum Gasteiger partial charge on any atom is -0.494 e. The summed E-state index contributed by atoms with van der Waals surface area (Å²) in [6, 6.07) is 17.6. The van der Waals surface area contributed by atoms with Crippen molar-refractivity contribution in [3.05, 3.63) is 66.3 Å². The van der Waals surface area contributed by atoms with Crippen LogP contribution in [0.2, 0.25) is 0 Å². The van der Waals surface area contributed by atoms with Crippen LogP contribution in [0.5, 0.6) is 11.5 Å². The summed E-state index contributed by atoms with van der Waals surface area (Å²) in [5, 5.41) is 10.5. The van der Waals surface area contributed by atoms with Crippen LogP contribution < -0.4 is 20.1 Å². The average Bonchev–Trinajstić information content (AvgIpc) is 3.20. The second-order valence-corrected chi connectivity index (χ2v) is 7.47. The number of para-hydroxylation sites is 1. The molecule has 3 rings (SSSR count). The maximum atomic E-state index is 5.74. The molecule has 1 aromatic heterocycles. The van der Waals surface area contributed by atoms with Gasteiger partial charge in [-0.15, -0.1) is 0 Å². The molecule has 0 spiro atoms.